The van der Waals surface area contributed by atoms with E-state index in [9.17, 15) is 9.59 Å². The molecular weight excluding hydrogens is 240 g/mol. The van der Waals surface area contributed by atoms with Crippen molar-refractivity contribution in [2.75, 3.05) is 25.7 Å². The molecule has 0 aliphatic carbocycles. The van der Waals surface area contributed by atoms with E-state index in [1.54, 1.807) is 0 Å². The first-order chi connectivity index (χ1) is 5.20. The van der Waals surface area contributed by atoms with Gasteiger partial charge in [0.15, 0.2) is 0 Å². The zero-order valence-corrected chi connectivity index (χ0v) is 7.27. The lowest BCUT2D eigenvalue weighted by atomic mass is 10.8. The highest BCUT2D eigenvalue weighted by Gasteiger charge is 2.03. The van der Waals surface area contributed by atoms with Gasteiger partial charge in [-0.2, -0.15) is 0 Å². The van der Waals surface area contributed by atoms with Crippen LogP contribution in [0, 0.1) is 0 Å². The summed E-state index contributed by atoms with van der Waals surface area (Å²) in [5, 5.41) is 0. The van der Waals surface area contributed by atoms with Crippen LogP contribution in [0.5, 0.6) is 0 Å². The summed E-state index contributed by atoms with van der Waals surface area (Å²) in [5.41, 5.74) is 0. The second-order valence-corrected chi connectivity index (χ2v) is 2.63. The molecule has 0 N–H and O–H groups in total. The molecule has 0 unspecified atom stereocenters. The number of rotatable bonds is 4. The maximum atomic E-state index is 10.5. The Labute approximate surface area is 113 Å². The number of carbonyl (C=O) groups excluding carboxylic acids is 2. The standard InChI is InChI=1S/C6H10O4S.6CH4/c1-9-5(7)3-11-4-6(8)10-2;;;;;;/h3-4H2,1-2H3;6*1H4. The van der Waals surface area contributed by atoms with Crippen molar-refractivity contribution in [1.29, 1.82) is 0 Å². The third kappa shape index (κ3) is 31.3. The number of esters is 2. The van der Waals surface area contributed by atoms with Crippen molar-refractivity contribution in [3.8, 4) is 0 Å². The number of hydrogen-bond acceptors (Lipinski definition) is 5. The molecule has 4 nitrogen and oxygen atoms in total. The first-order valence-corrected chi connectivity index (χ1v) is 4.07. The highest BCUT2D eigenvalue weighted by molar-refractivity contribution is 8.00. The minimum absolute atomic E-state index is 0. The highest BCUT2D eigenvalue weighted by atomic mass is 32.2. The summed E-state index contributed by atoms with van der Waals surface area (Å²) in [6, 6.07) is 0. The Balaban J connectivity index is -0.0000000333. The molecule has 112 valence electrons. The number of carbonyl (C=O) groups is 2. The van der Waals surface area contributed by atoms with Gasteiger partial charge in [-0.1, -0.05) is 44.6 Å². The van der Waals surface area contributed by atoms with Gasteiger partial charge in [0, 0.05) is 0 Å². The topological polar surface area (TPSA) is 52.6 Å². The van der Waals surface area contributed by atoms with Gasteiger partial charge in [-0.25, -0.2) is 0 Å². The van der Waals surface area contributed by atoms with Crippen LogP contribution in [0.25, 0.3) is 0 Å². The van der Waals surface area contributed by atoms with Gasteiger partial charge in [-0.05, 0) is 0 Å². The fraction of sp³-hybridized carbons (Fsp3) is 0.833. The fourth-order valence-corrected chi connectivity index (χ4v) is 1.01. The van der Waals surface area contributed by atoms with Gasteiger partial charge in [0.2, 0.25) is 0 Å². The summed E-state index contributed by atoms with van der Waals surface area (Å²) in [5.74, 6) is -0.296. The van der Waals surface area contributed by atoms with E-state index in [1.165, 1.54) is 26.0 Å². The summed E-state index contributed by atoms with van der Waals surface area (Å²) in [6.45, 7) is 0. The maximum Gasteiger partial charge on any atom is 0.315 e. The van der Waals surface area contributed by atoms with E-state index in [1.807, 2.05) is 0 Å². The molecule has 0 aromatic heterocycles. The minimum Gasteiger partial charge on any atom is -0.468 e. The molecular formula is C12H34O4S. The molecule has 0 aromatic rings. The third-order valence-corrected chi connectivity index (χ3v) is 1.77. The Morgan fingerprint density at radius 1 is 0.765 bits per heavy atom. The lowest BCUT2D eigenvalue weighted by Gasteiger charge is -1.97. The molecule has 0 fully saturated rings. The molecule has 0 saturated carbocycles. The zero-order chi connectivity index (χ0) is 8.69. The van der Waals surface area contributed by atoms with Crippen LogP contribution in [0.15, 0.2) is 0 Å². The largest absolute Gasteiger partial charge is 0.468 e. The van der Waals surface area contributed by atoms with Gasteiger partial charge in [0.1, 0.15) is 0 Å². The van der Waals surface area contributed by atoms with Crippen LogP contribution in [0.2, 0.25) is 0 Å². The highest BCUT2D eigenvalue weighted by Crippen LogP contribution is 2.00. The van der Waals surface area contributed by atoms with Crippen LogP contribution in [0.3, 0.4) is 0 Å². The van der Waals surface area contributed by atoms with E-state index in [4.69, 9.17) is 0 Å². The second kappa shape index (κ2) is 29.5. The van der Waals surface area contributed by atoms with Crippen molar-refractivity contribution in [3.63, 3.8) is 0 Å². The van der Waals surface area contributed by atoms with E-state index in [0.717, 1.165) is 0 Å². The molecule has 0 aliphatic heterocycles. The lowest BCUT2D eigenvalue weighted by molar-refractivity contribution is -0.137. The molecule has 0 aliphatic rings. The van der Waals surface area contributed by atoms with Crippen molar-refractivity contribution >= 4 is 23.7 Å². The van der Waals surface area contributed by atoms with Crippen molar-refractivity contribution < 1.29 is 19.1 Å². The zero-order valence-electron chi connectivity index (χ0n) is 6.46. The van der Waals surface area contributed by atoms with Crippen LogP contribution in [-0.2, 0) is 19.1 Å². The molecule has 0 aromatic carbocycles. The normalized spacial score (nSPS) is 5.76. The lowest BCUT2D eigenvalue weighted by Crippen LogP contribution is -2.08. The van der Waals surface area contributed by atoms with Crippen LogP contribution < -0.4 is 0 Å². The summed E-state index contributed by atoms with van der Waals surface area (Å²) in [6.07, 6.45) is 0. The average molecular weight is 274 g/mol. The Bertz CT molecular complexity index is 133. The predicted octanol–water partition coefficient (Wildman–Crippen LogP) is 3.88. The number of methoxy groups -OCH3 is 2. The molecule has 0 heterocycles. The van der Waals surface area contributed by atoms with Crippen molar-refractivity contribution in [3.05, 3.63) is 0 Å². The van der Waals surface area contributed by atoms with Gasteiger partial charge < -0.3 is 9.47 Å². The Morgan fingerprint density at radius 2 is 1.00 bits per heavy atom. The van der Waals surface area contributed by atoms with Crippen LogP contribution >= 0.6 is 11.8 Å². The van der Waals surface area contributed by atoms with Crippen molar-refractivity contribution in [2.24, 2.45) is 0 Å². The molecule has 0 atom stereocenters. The molecule has 0 amide bonds. The van der Waals surface area contributed by atoms with E-state index in [0.29, 0.717) is 0 Å². The Morgan fingerprint density at radius 3 is 1.18 bits per heavy atom. The van der Waals surface area contributed by atoms with Crippen LogP contribution in [-0.4, -0.2) is 37.7 Å². The quantitative estimate of drug-likeness (QED) is 0.728. The Hall–Kier alpha value is -0.710. The molecule has 0 spiro atoms. The first-order valence-electron chi connectivity index (χ1n) is 2.92. The first kappa shape index (κ1) is 44.1. The van der Waals surface area contributed by atoms with E-state index < -0.39 is 0 Å². The monoisotopic (exact) mass is 274 g/mol. The summed E-state index contributed by atoms with van der Waals surface area (Å²) in [7, 11) is 2.61. The number of ether oxygens (including phenoxy) is 2. The SMILES string of the molecule is C.C.C.C.C.C.COC(=O)CSCC(=O)OC. The van der Waals surface area contributed by atoms with Crippen LogP contribution in [0.1, 0.15) is 44.6 Å². The van der Waals surface area contributed by atoms with Crippen LogP contribution in [0.4, 0.5) is 0 Å². The fourth-order valence-electron chi connectivity index (χ4n) is 0.336. The molecule has 0 radical (unpaired) electrons. The molecule has 0 saturated heterocycles. The van der Waals surface area contributed by atoms with Gasteiger partial charge in [0.05, 0.1) is 25.7 Å². The number of hydrogen-bond donors (Lipinski definition) is 0. The van der Waals surface area contributed by atoms with E-state index in [2.05, 4.69) is 9.47 Å². The third-order valence-electron chi connectivity index (χ3n) is 0.895. The van der Waals surface area contributed by atoms with Crippen molar-refractivity contribution in [1.82, 2.24) is 0 Å². The minimum atomic E-state index is -0.334. The average Bonchev–Trinajstić information content (AvgIpc) is 2.04. The predicted molar refractivity (Wildman–Crippen MR) is 81.7 cm³/mol. The summed E-state index contributed by atoms with van der Waals surface area (Å²) < 4.78 is 8.71. The number of thioether (sulfide) groups is 1. The summed E-state index contributed by atoms with van der Waals surface area (Å²) >= 11 is 1.17. The van der Waals surface area contributed by atoms with Crippen molar-refractivity contribution in [2.45, 2.75) is 44.6 Å². The van der Waals surface area contributed by atoms with Gasteiger partial charge in [0.25, 0.3) is 0 Å². The van der Waals surface area contributed by atoms with E-state index >= 15 is 0 Å². The van der Waals surface area contributed by atoms with E-state index in [-0.39, 0.29) is 68.0 Å². The Kier molecular flexibility index (Phi) is 76.5. The molecule has 0 rings (SSSR count). The molecule has 0 bridgehead atoms. The van der Waals surface area contributed by atoms with Gasteiger partial charge in [-0.15, -0.1) is 11.8 Å². The molecule has 5 heteroatoms. The maximum absolute atomic E-state index is 10.5. The molecule has 17 heavy (non-hydrogen) atoms. The smallest absolute Gasteiger partial charge is 0.315 e. The van der Waals surface area contributed by atoms with Gasteiger partial charge in [-0.3, -0.25) is 9.59 Å². The summed E-state index contributed by atoms with van der Waals surface area (Å²) in [4.78, 5) is 21.0. The van der Waals surface area contributed by atoms with Gasteiger partial charge >= 0.3 is 11.9 Å². The second-order valence-electron chi connectivity index (χ2n) is 1.65.